The molecule has 20 heavy (non-hydrogen) atoms. The van der Waals surface area contributed by atoms with E-state index in [1.165, 1.54) is 11.0 Å². The second-order valence-electron chi connectivity index (χ2n) is 4.31. The number of carbonyl (C=O) groups excluding carboxylic acids is 1. The number of nitriles is 2. The maximum Gasteiger partial charge on any atom is 0.248 e. The van der Waals surface area contributed by atoms with Gasteiger partial charge in [-0.1, -0.05) is 6.07 Å². The molecule has 1 aromatic rings. The third-order valence-corrected chi connectivity index (χ3v) is 2.97. The highest BCUT2D eigenvalue weighted by Crippen LogP contribution is 2.26. The van der Waals surface area contributed by atoms with Gasteiger partial charge in [-0.05, 0) is 29.3 Å². The molecule has 0 saturated heterocycles. The lowest BCUT2D eigenvalue weighted by molar-refractivity contribution is -0.124. The van der Waals surface area contributed by atoms with Crippen LogP contribution >= 0.6 is 0 Å². The first-order valence-electron chi connectivity index (χ1n) is 6.21. The summed E-state index contributed by atoms with van der Waals surface area (Å²) in [7, 11) is 0. The van der Waals surface area contributed by atoms with Gasteiger partial charge in [-0.3, -0.25) is 4.79 Å². The molecule has 0 aromatic heterocycles. The zero-order chi connectivity index (χ0) is 14.4. The van der Waals surface area contributed by atoms with E-state index in [0.29, 0.717) is 6.61 Å². The summed E-state index contributed by atoms with van der Waals surface area (Å²) in [6, 6.07) is 9.47. The van der Waals surface area contributed by atoms with E-state index in [0.717, 1.165) is 23.3 Å². The summed E-state index contributed by atoms with van der Waals surface area (Å²) >= 11 is 0. The Hall–Kier alpha value is -2.79. The molecular weight excluding hydrogens is 254 g/mol. The van der Waals surface area contributed by atoms with Gasteiger partial charge < -0.3 is 9.64 Å². The number of fused-ring (bicyclic) bond motifs is 1. The fourth-order valence-corrected chi connectivity index (χ4v) is 1.97. The number of hydrogen-bond acceptors (Lipinski definition) is 4. The van der Waals surface area contributed by atoms with Crippen molar-refractivity contribution in [1.82, 2.24) is 4.90 Å². The standard InChI is InChI=1S/C15H13N3O2/c16-6-8-18(9-7-17)15(19)4-2-12-1-3-14-13(11-12)5-10-20-14/h1-4,11H,5,8-10H2/b4-2+. The summed E-state index contributed by atoms with van der Waals surface area (Å²) in [6.07, 6.45) is 3.94. The van der Waals surface area contributed by atoms with E-state index in [4.69, 9.17) is 15.3 Å². The summed E-state index contributed by atoms with van der Waals surface area (Å²) < 4.78 is 5.41. The number of rotatable bonds is 4. The van der Waals surface area contributed by atoms with Crippen LogP contribution in [0.5, 0.6) is 5.75 Å². The molecule has 2 rings (SSSR count). The quantitative estimate of drug-likeness (QED) is 0.612. The van der Waals surface area contributed by atoms with Crippen molar-refractivity contribution in [3.05, 3.63) is 35.4 Å². The summed E-state index contributed by atoms with van der Waals surface area (Å²) in [6.45, 7) is 0.517. The zero-order valence-electron chi connectivity index (χ0n) is 10.9. The highest BCUT2D eigenvalue weighted by atomic mass is 16.5. The molecule has 0 unspecified atom stereocenters. The molecule has 1 aliphatic heterocycles. The molecule has 0 N–H and O–H groups in total. The average molecular weight is 267 g/mol. The molecule has 0 saturated carbocycles. The number of amides is 1. The highest BCUT2D eigenvalue weighted by Gasteiger charge is 2.12. The Morgan fingerprint density at radius 2 is 2.10 bits per heavy atom. The minimum atomic E-state index is -0.343. The number of benzene rings is 1. The minimum absolute atomic E-state index is 0.0885. The predicted molar refractivity (Wildman–Crippen MR) is 72.5 cm³/mol. The van der Waals surface area contributed by atoms with Gasteiger partial charge in [0.15, 0.2) is 0 Å². The van der Waals surface area contributed by atoms with Crippen LogP contribution in [0.1, 0.15) is 11.1 Å². The van der Waals surface area contributed by atoms with Crippen LogP contribution in [-0.4, -0.2) is 30.5 Å². The monoisotopic (exact) mass is 267 g/mol. The van der Waals surface area contributed by atoms with Crippen molar-refractivity contribution in [1.29, 1.82) is 10.5 Å². The summed E-state index contributed by atoms with van der Waals surface area (Å²) in [5.74, 6) is 0.550. The second-order valence-corrected chi connectivity index (χ2v) is 4.31. The van der Waals surface area contributed by atoms with Crippen LogP contribution in [0, 0.1) is 22.7 Å². The number of hydrogen-bond donors (Lipinski definition) is 0. The first-order chi connectivity index (χ1) is 9.74. The maximum absolute atomic E-state index is 11.8. The van der Waals surface area contributed by atoms with Crippen LogP contribution < -0.4 is 4.74 Å². The van der Waals surface area contributed by atoms with Gasteiger partial charge in [0.1, 0.15) is 18.8 Å². The lowest BCUT2D eigenvalue weighted by atomic mass is 10.1. The Balaban J connectivity index is 2.07. The molecule has 0 spiro atoms. The smallest absolute Gasteiger partial charge is 0.248 e. The molecule has 1 aromatic carbocycles. The Bertz CT molecular complexity index is 607. The maximum atomic E-state index is 11.8. The Kier molecular flexibility index (Phi) is 4.36. The van der Waals surface area contributed by atoms with Crippen molar-refractivity contribution in [2.75, 3.05) is 19.7 Å². The minimum Gasteiger partial charge on any atom is -0.493 e. The zero-order valence-corrected chi connectivity index (χ0v) is 10.9. The molecule has 1 amide bonds. The highest BCUT2D eigenvalue weighted by molar-refractivity contribution is 5.92. The van der Waals surface area contributed by atoms with Gasteiger partial charge in [-0.25, -0.2) is 0 Å². The van der Waals surface area contributed by atoms with Crippen LogP contribution in [0.3, 0.4) is 0 Å². The third kappa shape index (κ3) is 3.15. The van der Waals surface area contributed by atoms with Crippen LogP contribution in [0.25, 0.3) is 6.08 Å². The Morgan fingerprint density at radius 3 is 2.80 bits per heavy atom. The first-order valence-corrected chi connectivity index (χ1v) is 6.21. The second kappa shape index (κ2) is 6.40. The van der Waals surface area contributed by atoms with Gasteiger partial charge in [-0.2, -0.15) is 10.5 Å². The number of ether oxygens (including phenoxy) is 1. The number of carbonyl (C=O) groups is 1. The Labute approximate surface area is 117 Å². The molecule has 5 nitrogen and oxygen atoms in total. The molecule has 0 fully saturated rings. The molecule has 0 atom stereocenters. The normalized spacial score (nSPS) is 12.3. The summed E-state index contributed by atoms with van der Waals surface area (Å²) in [4.78, 5) is 13.0. The third-order valence-electron chi connectivity index (χ3n) is 2.97. The van der Waals surface area contributed by atoms with Crippen LogP contribution in [0.15, 0.2) is 24.3 Å². The Morgan fingerprint density at radius 1 is 1.35 bits per heavy atom. The largest absolute Gasteiger partial charge is 0.493 e. The van der Waals surface area contributed by atoms with Crippen LogP contribution in [-0.2, 0) is 11.2 Å². The van der Waals surface area contributed by atoms with Crippen molar-refractivity contribution < 1.29 is 9.53 Å². The molecule has 0 aliphatic carbocycles. The van der Waals surface area contributed by atoms with Crippen LogP contribution in [0.4, 0.5) is 0 Å². The van der Waals surface area contributed by atoms with Crippen molar-refractivity contribution in [2.45, 2.75) is 6.42 Å². The van der Waals surface area contributed by atoms with E-state index in [2.05, 4.69) is 0 Å². The van der Waals surface area contributed by atoms with Gasteiger partial charge in [0, 0.05) is 12.5 Å². The van der Waals surface area contributed by atoms with Crippen molar-refractivity contribution in [2.24, 2.45) is 0 Å². The van der Waals surface area contributed by atoms with E-state index < -0.39 is 0 Å². The lowest BCUT2D eigenvalue weighted by Gasteiger charge is -2.12. The van der Waals surface area contributed by atoms with Gasteiger partial charge in [0.05, 0.1) is 18.7 Å². The molecular formula is C15H13N3O2. The first kappa shape index (κ1) is 13.6. The van der Waals surface area contributed by atoms with E-state index in [9.17, 15) is 4.79 Å². The molecule has 0 bridgehead atoms. The van der Waals surface area contributed by atoms with E-state index in [1.54, 1.807) is 6.08 Å². The molecule has 100 valence electrons. The molecule has 1 aliphatic rings. The predicted octanol–water partition coefficient (Wildman–Crippen LogP) is 1.51. The summed E-state index contributed by atoms with van der Waals surface area (Å²) in [5, 5.41) is 17.2. The number of nitrogens with zero attached hydrogens (tertiary/aromatic N) is 3. The van der Waals surface area contributed by atoms with Gasteiger partial charge in [0.2, 0.25) is 5.91 Å². The average Bonchev–Trinajstić information content (AvgIpc) is 2.92. The fraction of sp³-hybridized carbons (Fsp3) is 0.267. The molecule has 0 radical (unpaired) electrons. The molecule has 5 heteroatoms. The van der Waals surface area contributed by atoms with Crippen molar-refractivity contribution >= 4 is 12.0 Å². The van der Waals surface area contributed by atoms with Crippen molar-refractivity contribution in [3.63, 3.8) is 0 Å². The van der Waals surface area contributed by atoms with E-state index in [1.807, 2.05) is 30.3 Å². The van der Waals surface area contributed by atoms with E-state index in [-0.39, 0.29) is 19.0 Å². The topological polar surface area (TPSA) is 77.1 Å². The lowest BCUT2D eigenvalue weighted by Crippen LogP contribution is -2.30. The SMILES string of the molecule is N#CCN(CC#N)C(=O)/C=C/c1ccc2c(c1)CCO2. The van der Waals surface area contributed by atoms with Gasteiger partial charge in [0.25, 0.3) is 0 Å². The van der Waals surface area contributed by atoms with Crippen LogP contribution in [0.2, 0.25) is 0 Å². The molecule has 1 heterocycles. The summed E-state index contributed by atoms with van der Waals surface area (Å²) in [5.41, 5.74) is 2.03. The van der Waals surface area contributed by atoms with Gasteiger partial charge in [-0.15, -0.1) is 0 Å². The van der Waals surface area contributed by atoms with E-state index >= 15 is 0 Å². The fourth-order valence-electron chi connectivity index (χ4n) is 1.97. The van der Waals surface area contributed by atoms with Crippen molar-refractivity contribution in [3.8, 4) is 17.9 Å². The van der Waals surface area contributed by atoms with Gasteiger partial charge >= 0.3 is 0 Å².